The first-order valence-corrected chi connectivity index (χ1v) is 23.8. The average Bonchev–Trinajstić information content (AvgIpc) is 3.22. The van der Waals surface area contributed by atoms with Crippen LogP contribution in [0, 0.1) is 0 Å². The van der Waals surface area contributed by atoms with Gasteiger partial charge in [-0.2, -0.15) is 0 Å². The van der Waals surface area contributed by atoms with Crippen molar-refractivity contribution < 1.29 is 24.5 Å². The van der Waals surface area contributed by atoms with Crippen LogP contribution in [-0.4, -0.2) is 46.9 Å². The third-order valence-corrected chi connectivity index (χ3v) is 10.2. The number of nitrogens with one attached hydrogen (secondary N) is 1. The number of allylic oxidation sites excluding steroid dienone is 14. The Kier molecular flexibility index (Phi) is 42.8. The van der Waals surface area contributed by atoms with Crippen molar-refractivity contribution in [3.8, 4) is 0 Å². The van der Waals surface area contributed by atoms with Gasteiger partial charge in [0.15, 0.2) is 0 Å². The molecule has 0 aromatic rings. The summed E-state index contributed by atoms with van der Waals surface area (Å²) >= 11 is 0. The van der Waals surface area contributed by atoms with Gasteiger partial charge in [-0.05, 0) is 83.5 Å². The summed E-state index contributed by atoms with van der Waals surface area (Å²) in [7, 11) is 0. The van der Waals surface area contributed by atoms with Gasteiger partial charge in [-0.25, -0.2) is 0 Å². The normalized spacial score (nSPS) is 14.1. The third-order valence-electron chi connectivity index (χ3n) is 10.2. The van der Waals surface area contributed by atoms with Crippen LogP contribution in [0.5, 0.6) is 0 Å². The fraction of sp³-hybridized carbons (Fsp3) is 0.692. The molecule has 0 fully saturated rings. The average molecular weight is 808 g/mol. The van der Waals surface area contributed by atoms with E-state index in [-0.39, 0.29) is 31.3 Å². The number of aliphatic hydroxyl groups is 2. The summed E-state index contributed by atoms with van der Waals surface area (Å²) in [4.78, 5) is 25.9. The van der Waals surface area contributed by atoms with E-state index in [1.807, 2.05) is 6.08 Å². The molecule has 6 nitrogen and oxygen atoms in total. The number of ether oxygens (including phenoxy) is 1. The van der Waals surface area contributed by atoms with Gasteiger partial charge in [-0.3, -0.25) is 9.59 Å². The van der Waals surface area contributed by atoms with Crippen molar-refractivity contribution in [3.63, 3.8) is 0 Å². The summed E-state index contributed by atoms with van der Waals surface area (Å²) in [5.41, 5.74) is 0. The highest BCUT2D eigenvalue weighted by molar-refractivity contribution is 5.77. The van der Waals surface area contributed by atoms with E-state index in [9.17, 15) is 19.8 Å². The molecule has 0 spiro atoms. The van der Waals surface area contributed by atoms with Crippen LogP contribution < -0.4 is 5.32 Å². The molecule has 0 saturated carbocycles. The number of esters is 1. The first kappa shape index (κ1) is 55.0. The summed E-state index contributed by atoms with van der Waals surface area (Å²) in [6.07, 6.45) is 58.0. The molecule has 0 aromatic carbocycles. The molecule has 0 radical (unpaired) electrons. The first-order chi connectivity index (χ1) is 28.5. The number of amides is 1. The monoisotopic (exact) mass is 808 g/mol. The summed E-state index contributed by atoms with van der Waals surface area (Å²) < 4.78 is 5.84. The van der Waals surface area contributed by atoms with Crippen molar-refractivity contribution >= 4 is 11.9 Å². The molecule has 3 atom stereocenters. The highest BCUT2D eigenvalue weighted by atomic mass is 16.5. The summed E-state index contributed by atoms with van der Waals surface area (Å²) in [5, 5.41) is 23.6. The number of carbonyl (C=O) groups excluding carboxylic acids is 2. The molecule has 332 valence electrons. The minimum absolute atomic E-state index is 0.0316. The van der Waals surface area contributed by atoms with E-state index in [0.29, 0.717) is 19.3 Å². The highest BCUT2D eigenvalue weighted by Gasteiger charge is 2.24. The van der Waals surface area contributed by atoms with Gasteiger partial charge in [-0.1, -0.05) is 196 Å². The van der Waals surface area contributed by atoms with Crippen molar-refractivity contribution in [2.75, 3.05) is 6.61 Å². The fourth-order valence-electron chi connectivity index (χ4n) is 6.63. The van der Waals surface area contributed by atoms with Crippen LogP contribution in [0.3, 0.4) is 0 Å². The SMILES string of the molecule is CC/C=C\C/C=C\C/C=C\C/C=C\C/C=C\C/C=C\CCC(=O)OC(CCCCC/C=C\CCC)CC(=O)NC(CO)C(O)CCCCCCCCCCCCCC. The zero-order valence-electron chi connectivity index (χ0n) is 37.6. The predicted octanol–water partition coefficient (Wildman–Crippen LogP) is 14.0. The largest absolute Gasteiger partial charge is 0.462 e. The van der Waals surface area contributed by atoms with Gasteiger partial charge in [0.25, 0.3) is 0 Å². The Hall–Kier alpha value is -2.96. The maximum Gasteiger partial charge on any atom is 0.306 e. The van der Waals surface area contributed by atoms with Crippen molar-refractivity contribution in [2.45, 2.75) is 225 Å². The molecule has 1 amide bonds. The minimum Gasteiger partial charge on any atom is -0.462 e. The van der Waals surface area contributed by atoms with Gasteiger partial charge in [0.05, 0.1) is 25.2 Å². The molecule has 6 heteroatoms. The van der Waals surface area contributed by atoms with Crippen LogP contribution in [0.2, 0.25) is 0 Å². The quantitative estimate of drug-likeness (QED) is 0.0325. The molecular weight excluding hydrogens is 719 g/mol. The Morgan fingerprint density at radius 3 is 1.48 bits per heavy atom. The van der Waals surface area contributed by atoms with Gasteiger partial charge in [0.1, 0.15) is 6.10 Å². The lowest BCUT2D eigenvalue weighted by Gasteiger charge is -2.24. The van der Waals surface area contributed by atoms with E-state index in [0.717, 1.165) is 96.3 Å². The van der Waals surface area contributed by atoms with Crippen LogP contribution in [0.25, 0.3) is 0 Å². The zero-order valence-corrected chi connectivity index (χ0v) is 37.6. The van der Waals surface area contributed by atoms with Crippen molar-refractivity contribution in [1.82, 2.24) is 5.32 Å². The van der Waals surface area contributed by atoms with Crippen LogP contribution >= 0.6 is 0 Å². The lowest BCUT2D eigenvalue weighted by Crippen LogP contribution is -2.46. The number of hydrogen-bond donors (Lipinski definition) is 3. The van der Waals surface area contributed by atoms with Gasteiger partial charge < -0.3 is 20.3 Å². The van der Waals surface area contributed by atoms with E-state index in [1.165, 1.54) is 57.8 Å². The Labute approximate surface area is 357 Å². The molecular formula is C52H89NO5. The van der Waals surface area contributed by atoms with Gasteiger partial charge in [0.2, 0.25) is 5.91 Å². The zero-order chi connectivity index (χ0) is 42.4. The second-order valence-electron chi connectivity index (χ2n) is 15.8. The second kappa shape index (κ2) is 45.1. The molecule has 0 aliphatic heterocycles. The molecule has 58 heavy (non-hydrogen) atoms. The molecule has 3 unspecified atom stereocenters. The van der Waals surface area contributed by atoms with E-state index >= 15 is 0 Å². The first-order valence-electron chi connectivity index (χ1n) is 23.8. The number of hydrogen-bond acceptors (Lipinski definition) is 5. The number of carbonyl (C=O) groups is 2. The van der Waals surface area contributed by atoms with Crippen LogP contribution in [0.15, 0.2) is 85.1 Å². The van der Waals surface area contributed by atoms with E-state index in [1.54, 1.807) is 0 Å². The minimum atomic E-state index is -0.805. The Morgan fingerprint density at radius 1 is 0.517 bits per heavy atom. The Morgan fingerprint density at radius 2 is 0.966 bits per heavy atom. The number of unbranched alkanes of at least 4 members (excludes halogenated alkanes) is 15. The summed E-state index contributed by atoms with van der Waals surface area (Å²) in [6.45, 7) is 6.25. The summed E-state index contributed by atoms with van der Waals surface area (Å²) in [5.74, 6) is -0.601. The molecule has 0 rings (SSSR count). The van der Waals surface area contributed by atoms with Crippen LogP contribution in [-0.2, 0) is 14.3 Å². The molecule has 3 N–H and O–H groups in total. The fourth-order valence-corrected chi connectivity index (χ4v) is 6.63. The molecule has 0 bridgehead atoms. The maximum absolute atomic E-state index is 13.1. The number of rotatable bonds is 41. The smallest absolute Gasteiger partial charge is 0.306 e. The Balaban J connectivity index is 4.59. The van der Waals surface area contributed by atoms with Gasteiger partial charge >= 0.3 is 5.97 Å². The van der Waals surface area contributed by atoms with Crippen molar-refractivity contribution in [1.29, 1.82) is 0 Å². The van der Waals surface area contributed by atoms with Gasteiger partial charge in [0, 0.05) is 6.42 Å². The molecule has 0 aromatic heterocycles. The lowest BCUT2D eigenvalue weighted by atomic mass is 10.0. The van der Waals surface area contributed by atoms with Crippen molar-refractivity contribution in [3.05, 3.63) is 85.1 Å². The van der Waals surface area contributed by atoms with Crippen LogP contribution in [0.4, 0.5) is 0 Å². The molecule has 0 saturated heterocycles. The van der Waals surface area contributed by atoms with E-state index < -0.39 is 18.2 Å². The third kappa shape index (κ3) is 39.8. The standard InChI is InChI=1S/C52H89NO5/c1-4-7-10-13-16-19-21-23-24-25-26-27-28-29-31-33-36-39-42-45-52(57)58-48(43-40-37-34-18-15-12-9-6-3)46-51(56)53-49(47-54)50(55)44-41-38-35-32-30-22-20-17-14-11-8-5-2/h7,10,12,15-16,19,23-24,26-27,29,31,36,39,48-50,54-55H,4-6,8-9,11,13-14,17-18,20-22,25,28,30,32-35,37-38,40-47H2,1-3H3,(H,53,56)/b10-7-,15-12-,19-16-,24-23-,27-26-,31-29-,39-36-. The van der Waals surface area contributed by atoms with Gasteiger partial charge in [-0.15, -0.1) is 0 Å². The lowest BCUT2D eigenvalue weighted by molar-refractivity contribution is -0.150. The number of aliphatic hydroxyl groups excluding tert-OH is 2. The van der Waals surface area contributed by atoms with E-state index in [2.05, 4.69) is 105 Å². The molecule has 0 aliphatic carbocycles. The molecule has 0 aliphatic rings. The predicted molar refractivity (Wildman–Crippen MR) is 250 cm³/mol. The molecule has 0 heterocycles. The summed E-state index contributed by atoms with van der Waals surface area (Å²) in [6, 6.07) is -0.723. The van der Waals surface area contributed by atoms with Crippen molar-refractivity contribution in [2.24, 2.45) is 0 Å². The topological polar surface area (TPSA) is 95.9 Å². The highest BCUT2D eigenvalue weighted by Crippen LogP contribution is 2.16. The second-order valence-corrected chi connectivity index (χ2v) is 15.8. The van der Waals surface area contributed by atoms with Crippen LogP contribution in [0.1, 0.15) is 207 Å². The Bertz CT molecular complexity index is 1130. The maximum atomic E-state index is 13.1. The van der Waals surface area contributed by atoms with E-state index in [4.69, 9.17) is 4.74 Å².